The molecule has 3 nitrogen and oxygen atoms in total. The first-order chi connectivity index (χ1) is 8.75. The molecule has 2 rings (SSSR count). The van der Waals surface area contributed by atoms with Crippen molar-refractivity contribution in [3.05, 3.63) is 58.3 Å². The van der Waals surface area contributed by atoms with Crippen LogP contribution in [0.15, 0.2) is 47.8 Å². The number of ether oxygens (including phenoxy) is 1. The van der Waals surface area contributed by atoms with Crippen molar-refractivity contribution in [2.75, 3.05) is 0 Å². The van der Waals surface area contributed by atoms with Crippen molar-refractivity contribution in [3.8, 4) is 0 Å². The summed E-state index contributed by atoms with van der Waals surface area (Å²) in [5.74, 6) is -0.354. The first kappa shape index (κ1) is 12.8. The Balaban J connectivity index is 1.81. The Bertz CT molecular complexity index is 482. The molecule has 94 valence electrons. The lowest BCUT2D eigenvalue weighted by atomic mass is 10.2. The molecule has 2 aromatic rings. The Morgan fingerprint density at radius 3 is 2.67 bits per heavy atom. The van der Waals surface area contributed by atoms with Crippen LogP contribution >= 0.6 is 11.3 Å². The molecule has 18 heavy (non-hydrogen) atoms. The van der Waals surface area contributed by atoms with Gasteiger partial charge in [0.05, 0.1) is 0 Å². The summed E-state index contributed by atoms with van der Waals surface area (Å²) in [5, 5.41) is 1.97. The minimum absolute atomic E-state index is 0.276. The van der Waals surface area contributed by atoms with Crippen molar-refractivity contribution in [3.63, 3.8) is 0 Å². The molecule has 1 aromatic carbocycles. The Kier molecular flexibility index (Phi) is 4.50. The standard InChI is InChI=1S/C14H15NO2S/c15-13(9-12-7-4-8-18-12)14(16)17-10-11-5-2-1-3-6-11/h1-8,13H,9-10,15H2. The van der Waals surface area contributed by atoms with Crippen LogP contribution in [0, 0.1) is 0 Å². The zero-order valence-corrected chi connectivity index (χ0v) is 10.7. The SMILES string of the molecule is NC(Cc1cccs1)C(=O)OCc1ccccc1. The van der Waals surface area contributed by atoms with Gasteiger partial charge in [0.25, 0.3) is 0 Å². The Morgan fingerprint density at radius 2 is 2.00 bits per heavy atom. The minimum atomic E-state index is -0.590. The van der Waals surface area contributed by atoms with E-state index in [1.165, 1.54) is 0 Å². The fourth-order valence-corrected chi connectivity index (χ4v) is 2.33. The van der Waals surface area contributed by atoms with E-state index in [-0.39, 0.29) is 12.6 Å². The van der Waals surface area contributed by atoms with Crippen LogP contribution in [0.1, 0.15) is 10.4 Å². The molecule has 1 heterocycles. The predicted molar refractivity (Wildman–Crippen MR) is 72.2 cm³/mol. The first-order valence-corrected chi connectivity index (χ1v) is 6.62. The molecule has 0 aliphatic carbocycles. The van der Waals surface area contributed by atoms with Gasteiger partial charge in [0, 0.05) is 11.3 Å². The maximum Gasteiger partial charge on any atom is 0.323 e. The van der Waals surface area contributed by atoms with Crippen LogP contribution in [0.3, 0.4) is 0 Å². The number of hydrogen-bond acceptors (Lipinski definition) is 4. The largest absolute Gasteiger partial charge is 0.460 e. The van der Waals surface area contributed by atoms with Crippen LogP contribution in [-0.2, 0) is 22.6 Å². The summed E-state index contributed by atoms with van der Waals surface area (Å²) in [6.07, 6.45) is 0.533. The number of carbonyl (C=O) groups is 1. The Labute approximate surface area is 110 Å². The van der Waals surface area contributed by atoms with Crippen molar-refractivity contribution in [1.29, 1.82) is 0 Å². The van der Waals surface area contributed by atoms with E-state index in [9.17, 15) is 4.79 Å². The number of hydrogen-bond donors (Lipinski definition) is 1. The van der Waals surface area contributed by atoms with Crippen LogP contribution in [0.2, 0.25) is 0 Å². The second-order valence-electron chi connectivity index (χ2n) is 3.98. The van der Waals surface area contributed by atoms with Gasteiger partial charge in [0.15, 0.2) is 0 Å². The smallest absolute Gasteiger partial charge is 0.323 e. The van der Waals surface area contributed by atoms with E-state index in [2.05, 4.69) is 0 Å². The van der Waals surface area contributed by atoms with Gasteiger partial charge in [-0.1, -0.05) is 36.4 Å². The highest BCUT2D eigenvalue weighted by atomic mass is 32.1. The maximum atomic E-state index is 11.7. The first-order valence-electron chi connectivity index (χ1n) is 5.74. The number of carbonyl (C=O) groups excluding carboxylic acids is 1. The number of rotatable bonds is 5. The molecule has 1 atom stereocenters. The zero-order valence-electron chi connectivity index (χ0n) is 9.91. The van der Waals surface area contributed by atoms with Gasteiger partial charge in [0.1, 0.15) is 12.6 Å². The summed E-state index contributed by atoms with van der Waals surface area (Å²) in [6.45, 7) is 0.276. The fourth-order valence-electron chi connectivity index (χ4n) is 1.56. The van der Waals surface area contributed by atoms with Crippen molar-refractivity contribution in [1.82, 2.24) is 0 Å². The molecule has 0 saturated heterocycles. The topological polar surface area (TPSA) is 52.3 Å². The lowest BCUT2D eigenvalue weighted by Crippen LogP contribution is -2.34. The van der Waals surface area contributed by atoms with Gasteiger partial charge in [0.2, 0.25) is 0 Å². The Hall–Kier alpha value is -1.65. The lowest BCUT2D eigenvalue weighted by molar-refractivity contribution is -0.146. The molecule has 4 heteroatoms. The van der Waals surface area contributed by atoms with E-state index in [1.807, 2.05) is 47.8 Å². The maximum absolute atomic E-state index is 11.7. The summed E-state index contributed by atoms with van der Waals surface area (Å²) < 4.78 is 5.18. The third kappa shape index (κ3) is 3.68. The third-order valence-corrected chi connectivity index (χ3v) is 3.43. The average Bonchev–Trinajstić information content (AvgIpc) is 2.90. The van der Waals surface area contributed by atoms with Crippen molar-refractivity contribution in [2.45, 2.75) is 19.1 Å². The highest BCUT2D eigenvalue weighted by Crippen LogP contribution is 2.11. The van der Waals surface area contributed by atoms with Gasteiger partial charge in [-0.25, -0.2) is 0 Å². The highest BCUT2D eigenvalue weighted by Gasteiger charge is 2.16. The summed E-state index contributed by atoms with van der Waals surface area (Å²) in [5.41, 5.74) is 6.77. The van der Waals surface area contributed by atoms with Gasteiger partial charge in [-0.05, 0) is 17.0 Å². The summed E-state index contributed by atoms with van der Waals surface area (Å²) in [4.78, 5) is 12.8. The number of esters is 1. The molecule has 0 bridgehead atoms. The van der Waals surface area contributed by atoms with Gasteiger partial charge in [-0.3, -0.25) is 4.79 Å². The second kappa shape index (κ2) is 6.33. The molecule has 0 aliphatic rings. The van der Waals surface area contributed by atoms with Crippen LogP contribution in [0.4, 0.5) is 0 Å². The van der Waals surface area contributed by atoms with Gasteiger partial charge < -0.3 is 10.5 Å². The monoisotopic (exact) mass is 261 g/mol. The summed E-state index contributed by atoms with van der Waals surface area (Å²) in [7, 11) is 0. The van der Waals surface area contributed by atoms with Crippen LogP contribution in [-0.4, -0.2) is 12.0 Å². The highest BCUT2D eigenvalue weighted by molar-refractivity contribution is 7.09. The molecule has 2 N–H and O–H groups in total. The normalized spacial score (nSPS) is 12.1. The van der Waals surface area contributed by atoms with Crippen molar-refractivity contribution in [2.24, 2.45) is 5.73 Å². The van der Waals surface area contributed by atoms with Crippen LogP contribution in [0.25, 0.3) is 0 Å². The molecule has 0 spiro atoms. The van der Waals surface area contributed by atoms with E-state index in [0.29, 0.717) is 6.42 Å². The summed E-state index contributed by atoms with van der Waals surface area (Å²) >= 11 is 1.60. The predicted octanol–water partition coefficient (Wildman–Crippen LogP) is 2.36. The number of benzene rings is 1. The van der Waals surface area contributed by atoms with Crippen molar-refractivity contribution >= 4 is 17.3 Å². The zero-order chi connectivity index (χ0) is 12.8. The molecule has 0 amide bonds. The molecular weight excluding hydrogens is 246 g/mol. The van der Waals surface area contributed by atoms with Gasteiger partial charge in [-0.15, -0.1) is 11.3 Å². The van der Waals surface area contributed by atoms with Gasteiger partial charge in [-0.2, -0.15) is 0 Å². The van der Waals surface area contributed by atoms with E-state index < -0.39 is 6.04 Å². The molecule has 1 unspecified atom stereocenters. The molecule has 0 fully saturated rings. The summed E-state index contributed by atoms with van der Waals surface area (Å²) in [6, 6.07) is 12.9. The van der Waals surface area contributed by atoms with E-state index in [4.69, 9.17) is 10.5 Å². The molecule has 1 aromatic heterocycles. The van der Waals surface area contributed by atoms with E-state index in [1.54, 1.807) is 11.3 Å². The van der Waals surface area contributed by atoms with Crippen LogP contribution in [0.5, 0.6) is 0 Å². The third-order valence-electron chi connectivity index (χ3n) is 2.53. The van der Waals surface area contributed by atoms with Crippen LogP contribution < -0.4 is 5.73 Å². The van der Waals surface area contributed by atoms with Gasteiger partial charge >= 0.3 is 5.97 Å². The molecule has 0 saturated carbocycles. The van der Waals surface area contributed by atoms with E-state index in [0.717, 1.165) is 10.4 Å². The fraction of sp³-hybridized carbons (Fsp3) is 0.214. The van der Waals surface area contributed by atoms with E-state index >= 15 is 0 Å². The Morgan fingerprint density at radius 1 is 1.22 bits per heavy atom. The molecule has 0 aliphatic heterocycles. The molecular formula is C14H15NO2S. The molecule has 0 radical (unpaired) electrons. The number of nitrogens with two attached hydrogens (primary N) is 1. The second-order valence-corrected chi connectivity index (χ2v) is 5.02. The van der Waals surface area contributed by atoms with Crippen molar-refractivity contribution < 1.29 is 9.53 Å². The minimum Gasteiger partial charge on any atom is -0.460 e. The quantitative estimate of drug-likeness (QED) is 0.841. The average molecular weight is 261 g/mol. The number of thiophene rings is 1. The lowest BCUT2D eigenvalue weighted by Gasteiger charge is -2.10.